The van der Waals surface area contributed by atoms with Gasteiger partial charge < -0.3 is 4.48 Å². The van der Waals surface area contributed by atoms with E-state index >= 15 is 0 Å². The number of azo groups is 1. The van der Waals surface area contributed by atoms with E-state index in [2.05, 4.69) is 35.5 Å². The van der Waals surface area contributed by atoms with E-state index in [-0.39, 0.29) is 0 Å². The van der Waals surface area contributed by atoms with Gasteiger partial charge in [-0.1, -0.05) is 30.3 Å². The molecule has 3 nitrogen and oxygen atoms in total. The third-order valence-corrected chi connectivity index (χ3v) is 4.41. The fourth-order valence-electron chi connectivity index (χ4n) is 3.20. The maximum atomic E-state index is 4.37. The molecule has 22 heavy (non-hydrogen) atoms. The molecule has 0 atom stereocenters. The Morgan fingerprint density at radius 3 is 2.27 bits per heavy atom. The van der Waals surface area contributed by atoms with E-state index in [4.69, 9.17) is 0 Å². The van der Waals surface area contributed by atoms with Gasteiger partial charge in [0.05, 0.1) is 31.5 Å². The van der Waals surface area contributed by atoms with E-state index in [9.17, 15) is 0 Å². The molecule has 0 radical (unpaired) electrons. The SMILES string of the molecule is C[N+]1(Cc2cccc(N=Nc3ccccc3)c2)CCCCC1. The molecule has 1 aliphatic heterocycles. The minimum atomic E-state index is 0.892. The smallest absolute Gasteiger partial charge is 0.104 e. The van der Waals surface area contributed by atoms with Crippen molar-refractivity contribution in [2.45, 2.75) is 25.8 Å². The maximum absolute atomic E-state index is 4.37. The Kier molecular flexibility index (Phi) is 4.64. The summed E-state index contributed by atoms with van der Waals surface area (Å²) >= 11 is 0. The highest BCUT2D eigenvalue weighted by atomic mass is 15.3. The normalized spacial score (nSPS) is 17.7. The number of hydrogen-bond donors (Lipinski definition) is 0. The summed E-state index contributed by atoms with van der Waals surface area (Å²) in [5.74, 6) is 0. The zero-order valence-corrected chi connectivity index (χ0v) is 13.3. The average Bonchev–Trinajstić information content (AvgIpc) is 2.54. The summed E-state index contributed by atoms with van der Waals surface area (Å²) in [5, 5.41) is 8.67. The first kappa shape index (κ1) is 14.9. The molecular formula is C19H24N3+. The molecule has 0 spiro atoms. The number of rotatable bonds is 4. The quantitative estimate of drug-likeness (QED) is 0.544. The van der Waals surface area contributed by atoms with Gasteiger partial charge in [0.25, 0.3) is 0 Å². The Hall–Kier alpha value is -2.00. The van der Waals surface area contributed by atoms with Gasteiger partial charge in [0.1, 0.15) is 6.54 Å². The van der Waals surface area contributed by atoms with Crippen LogP contribution in [0.4, 0.5) is 11.4 Å². The topological polar surface area (TPSA) is 24.7 Å². The summed E-state index contributed by atoms with van der Waals surface area (Å²) in [4.78, 5) is 0. The van der Waals surface area contributed by atoms with Crippen molar-refractivity contribution >= 4 is 11.4 Å². The minimum Gasteiger partial charge on any atom is -0.322 e. The molecule has 3 heteroatoms. The van der Waals surface area contributed by atoms with Crippen molar-refractivity contribution in [2.24, 2.45) is 10.2 Å². The monoisotopic (exact) mass is 294 g/mol. The second-order valence-electron chi connectivity index (χ2n) is 6.49. The Bertz CT molecular complexity index is 628. The van der Waals surface area contributed by atoms with E-state index in [1.807, 2.05) is 36.4 Å². The maximum Gasteiger partial charge on any atom is 0.104 e. The zero-order valence-electron chi connectivity index (χ0n) is 13.3. The van der Waals surface area contributed by atoms with Gasteiger partial charge in [-0.2, -0.15) is 10.2 Å². The summed E-state index contributed by atoms with van der Waals surface area (Å²) in [6.45, 7) is 3.67. The van der Waals surface area contributed by atoms with Crippen molar-refractivity contribution in [2.75, 3.05) is 20.1 Å². The van der Waals surface area contributed by atoms with Gasteiger partial charge in [0.15, 0.2) is 0 Å². The lowest BCUT2D eigenvalue weighted by molar-refractivity contribution is -0.926. The molecule has 0 unspecified atom stereocenters. The molecule has 0 aliphatic carbocycles. The summed E-state index contributed by atoms with van der Waals surface area (Å²) in [6.07, 6.45) is 4.09. The van der Waals surface area contributed by atoms with Crippen LogP contribution in [0.2, 0.25) is 0 Å². The van der Waals surface area contributed by atoms with Crippen molar-refractivity contribution < 1.29 is 4.48 Å². The second kappa shape index (κ2) is 6.84. The fraction of sp³-hybridized carbons (Fsp3) is 0.368. The van der Waals surface area contributed by atoms with Gasteiger partial charge in [0, 0.05) is 5.56 Å². The molecule has 3 rings (SSSR count). The molecule has 1 saturated heterocycles. The van der Waals surface area contributed by atoms with Gasteiger partial charge in [-0.15, -0.1) is 0 Å². The Morgan fingerprint density at radius 1 is 0.818 bits per heavy atom. The van der Waals surface area contributed by atoms with Crippen LogP contribution in [0.3, 0.4) is 0 Å². The molecule has 0 amide bonds. The minimum absolute atomic E-state index is 0.892. The van der Waals surface area contributed by atoms with Crippen LogP contribution in [-0.4, -0.2) is 24.6 Å². The highest BCUT2D eigenvalue weighted by Gasteiger charge is 2.24. The van der Waals surface area contributed by atoms with Gasteiger partial charge in [-0.05, 0) is 43.5 Å². The Labute approximate surface area is 132 Å². The van der Waals surface area contributed by atoms with E-state index in [0.717, 1.165) is 22.4 Å². The molecule has 0 N–H and O–H groups in total. The second-order valence-corrected chi connectivity index (χ2v) is 6.49. The first-order chi connectivity index (χ1) is 10.7. The van der Waals surface area contributed by atoms with Crippen LogP contribution in [0.25, 0.3) is 0 Å². The molecule has 0 bridgehead atoms. The lowest BCUT2D eigenvalue weighted by Crippen LogP contribution is -2.46. The van der Waals surface area contributed by atoms with Crippen molar-refractivity contribution in [3.63, 3.8) is 0 Å². The highest BCUT2D eigenvalue weighted by molar-refractivity contribution is 5.41. The number of quaternary nitrogens is 1. The van der Waals surface area contributed by atoms with Crippen molar-refractivity contribution in [1.29, 1.82) is 0 Å². The molecule has 2 aromatic rings. The van der Waals surface area contributed by atoms with E-state index < -0.39 is 0 Å². The molecule has 1 heterocycles. The molecule has 2 aromatic carbocycles. The lowest BCUT2D eigenvalue weighted by atomic mass is 10.1. The van der Waals surface area contributed by atoms with Crippen LogP contribution in [0.1, 0.15) is 24.8 Å². The number of nitrogens with zero attached hydrogens (tertiary/aromatic N) is 3. The third-order valence-electron chi connectivity index (χ3n) is 4.41. The van der Waals surface area contributed by atoms with Crippen molar-refractivity contribution in [3.8, 4) is 0 Å². The largest absolute Gasteiger partial charge is 0.322 e. The Morgan fingerprint density at radius 2 is 1.50 bits per heavy atom. The van der Waals surface area contributed by atoms with E-state index in [1.165, 1.54) is 37.9 Å². The third kappa shape index (κ3) is 4.01. The summed E-state index contributed by atoms with van der Waals surface area (Å²) in [5.41, 5.74) is 3.18. The average molecular weight is 294 g/mol. The predicted octanol–water partition coefficient (Wildman–Crippen LogP) is 5.23. The van der Waals surface area contributed by atoms with Crippen LogP contribution >= 0.6 is 0 Å². The summed E-state index contributed by atoms with van der Waals surface area (Å²) in [6, 6.07) is 18.4. The fourth-order valence-corrected chi connectivity index (χ4v) is 3.20. The number of likely N-dealkylation sites (tertiary alicyclic amines) is 1. The number of benzene rings is 2. The standard InChI is InChI=1S/C19H24N3/c1-22(13-6-3-7-14-22)16-17-9-8-12-19(15-17)21-20-18-10-4-2-5-11-18/h2,4-5,8-12,15H,3,6-7,13-14,16H2,1H3/q+1. The van der Waals surface area contributed by atoms with Gasteiger partial charge >= 0.3 is 0 Å². The highest BCUT2D eigenvalue weighted by Crippen LogP contribution is 2.23. The number of piperidine rings is 1. The van der Waals surface area contributed by atoms with Crippen LogP contribution in [0.5, 0.6) is 0 Å². The summed E-state index contributed by atoms with van der Waals surface area (Å²) < 4.78 is 1.15. The van der Waals surface area contributed by atoms with Crippen molar-refractivity contribution in [1.82, 2.24) is 0 Å². The summed E-state index contributed by atoms with van der Waals surface area (Å²) in [7, 11) is 2.37. The first-order valence-corrected chi connectivity index (χ1v) is 8.13. The van der Waals surface area contributed by atoms with Crippen LogP contribution in [0.15, 0.2) is 64.8 Å². The lowest BCUT2D eigenvalue weighted by Gasteiger charge is -2.37. The molecule has 0 aromatic heterocycles. The molecule has 0 saturated carbocycles. The zero-order chi connectivity index (χ0) is 15.3. The molecule has 114 valence electrons. The van der Waals surface area contributed by atoms with E-state index in [0.29, 0.717) is 0 Å². The molecular weight excluding hydrogens is 270 g/mol. The van der Waals surface area contributed by atoms with Gasteiger partial charge in [-0.3, -0.25) is 0 Å². The molecule has 1 fully saturated rings. The Balaban J connectivity index is 1.71. The molecule has 1 aliphatic rings. The van der Waals surface area contributed by atoms with Crippen molar-refractivity contribution in [3.05, 3.63) is 60.2 Å². The van der Waals surface area contributed by atoms with Crippen LogP contribution < -0.4 is 0 Å². The van der Waals surface area contributed by atoms with Gasteiger partial charge in [0.2, 0.25) is 0 Å². The predicted molar refractivity (Wildman–Crippen MR) is 90.5 cm³/mol. The van der Waals surface area contributed by atoms with Crippen LogP contribution in [-0.2, 0) is 6.54 Å². The van der Waals surface area contributed by atoms with Crippen LogP contribution in [0, 0.1) is 0 Å². The van der Waals surface area contributed by atoms with E-state index in [1.54, 1.807) is 0 Å². The number of hydrogen-bond acceptors (Lipinski definition) is 2. The first-order valence-electron chi connectivity index (χ1n) is 8.13. The van der Waals surface area contributed by atoms with Gasteiger partial charge in [-0.25, -0.2) is 0 Å².